The highest BCUT2D eigenvalue weighted by Crippen LogP contribution is 2.26. The van der Waals surface area contributed by atoms with E-state index in [-0.39, 0.29) is 17.6 Å². The maximum atomic E-state index is 14.0. The van der Waals surface area contributed by atoms with Crippen LogP contribution in [0.5, 0.6) is 11.5 Å². The zero-order valence-corrected chi connectivity index (χ0v) is 12.3. The van der Waals surface area contributed by atoms with E-state index in [0.717, 1.165) is 11.1 Å². The molecule has 0 aromatic heterocycles. The van der Waals surface area contributed by atoms with Crippen molar-refractivity contribution in [2.75, 3.05) is 7.11 Å². The molecule has 0 amide bonds. The van der Waals surface area contributed by atoms with Gasteiger partial charge >= 0.3 is 0 Å². The third kappa shape index (κ3) is 4.55. The first-order valence-corrected chi connectivity index (χ1v) is 6.88. The van der Waals surface area contributed by atoms with E-state index in [4.69, 9.17) is 15.2 Å². The number of nitrogens with two attached hydrogens (primary N) is 1. The summed E-state index contributed by atoms with van der Waals surface area (Å²) >= 11 is 0. The molecule has 0 saturated heterocycles. The standard InChI is InChI=1S/C17H20FNO2/c1-12(19)8-13-6-7-17(16(18)10-13)21-15-5-3-4-14(9-15)11-20-2/h3-7,9-10,12H,8,11,19H2,1-2H3. The first-order chi connectivity index (χ1) is 10.1. The van der Waals surface area contributed by atoms with E-state index >= 15 is 0 Å². The van der Waals surface area contributed by atoms with Crippen LogP contribution in [-0.2, 0) is 17.8 Å². The number of benzene rings is 2. The van der Waals surface area contributed by atoms with Gasteiger partial charge in [-0.25, -0.2) is 4.39 Å². The van der Waals surface area contributed by atoms with Crippen molar-refractivity contribution in [3.8, 4) is 11.5 Å². The molecule has 1 atom stereocenters. The van der Waals surface area contributed by atoms with E-state index in [1.165, 1.54) is 6.07 Å². The normalized spacial score (nSPS) is 12.2. The van der Waals surface area contributed by atoms with Gasteiger partial charge in [-0.1, -0.05) is 18.2 Å². The minimum atomic E-state index is -0.384. The Bertz CT molecular complexity index is 599. The Balaban J connectivity index is 2.14. The van der Waals surface area contributed by atoms with Gasteiger partial charge < -0.3 is 15.2 Å². The topological polar surface area (TPSA) is 44.5 Å². The lowest BCUT2D eigenvalue weighted by molar-refractivity contribution is 0.184. The van der Waals surface area contributed by atoms with Gasteiger partial charge in [0.2, 0.25) is 0 Å². The first kappa shape index (κ1) is 15.5. The molecular formula is C17H20FNO2. The molecule has 1 unspecified atom stereocenters. The van der Waals surface area contributed by atoms with Crippen LogP contribution in [-0.4, -0.2) is 13.2 Å². The van der Waals surface area contributed by atoms with Crippen LogP contribution in [0.2, 0.25) is 0 Å². The fraction of sp³-hybridized carbons (Fsp3) is 0.294. The zero-order chi connectivity index (χ0) is 15.2. The monoisotopic (exact) mass is 289 g/mol. The predicted octanol–water partition coefficient (Wildman–Crippen LogP) is 3.65. The number of ether oxygens (including phenoxy) is 2. The molecule has 0 heterocycles. The quantitative estimate of drug-likeness (QED) is 0.882. The summed E-state index contributed by atoms with van der Waals surface area (Å²) in [6.45, 7) is 2.39. The molecule has 0 aliphatic rings. The van der Waals surface area contributed by atoms with Crippen molar-refractivity contribution < 1.29 is 13.9 Å². The molecule has 0 aliphatic carbocycles. The van der Waals surface area contributed by atoms with Crippen LogP contribution in [0.1, 0.15) is 18.1 Å². The van der Waals surface area contributed by atoms with Gasteiger partial charge in [0.15, 0.2) is 11.6 Å². The molecule has 0 spiro atoms. The Morgan fingerprint density at radius 1 is 1.14 bits per heavy atom. The number of hydrogen-bond donors (Lipinski definition) is 1. The van der Waals surface area contributed by atoms with Crippen LogP contribution >= 0.6 is 0 Å². The molecule has 0 saturated carbocycles. The van der Waals surface area contributed by atoms with Crippen molar-refractivity contribution in [2.45, 2.75) is 26.0 Å². The third-order valence-electron chi connectivity index (χ3n) is 2.99. The summed E-state index contributed by atoms with van der Waals surface area (Å²) in [6.07, 6.45) is 0.639. The Morgan fingerprint density at radius 2 is 1.95 bits per heavy atom. The van der Waals surface area contributed by atoms with Gasteiger partial charge in [0, 0.05) is 13.2 Å². The summed E-state index contributed by atoms with van der Waals surface area (Å²) in [4.78, 5) is 0. The summed E-state index contributed by atoms with van der Waals surface area (Å²) in [6, 6.07) is 12.3. The second-order valence-corrected chi connectivity index (χ2v) is 5.13. The van der Waals surface area contributed by atoms with Gasteiger partial charge in [0.1, 0.15) is 5.75 Å². The molecule has 0 aliphatic heterocycles. The van der Waals surface area contributed by atoms with Gasteiger partial charge in [0.25, 0.3) is 0 Å². The second kappa shape index (κ2) is 7.20. The Morgan fingerprint density at radius 3 is 2.62 bits per heavy atom. The minimum Gasteiger partial charge on any atom is -0.454 e. The average Bonchev–Trinajstić information content (AvgIpc) is 2.42. The van der Waals surface area contributed by atoms with E-state index in [1.54, 1.807) is 19.2 Å². The van der Waals surface area contributed by atoms with Crippen molar-refractivity contribution in [3.63, 3.8) is 0 Å². The predicted molar refractivity (Wildman–Crippen MR) is 81.0 cm³/mol. The second-order valence-electron chi connectivity index (χ2n) is 5.13. The third-order valence-corrected chi connectivity index (χ3v) is 2.99. The van der Waals surface area contributed by atoms with Crippen LogP contribution in [0.4, 0.5) is 4.39 Å². The van der Waals surface area contributed by atoms with Gasteiger partial charge in [-0.05, 0) is 48.7 Å². The van der Waals surface area contributed by atoms with Gasteiger partial charge in [-0.3, -0.25) is 0 Å². The molecule has 4 heteroatoms. The lowest BCUT2D eigenvalue weighted by Crippen LogP contribution is -2.17. The number of hydrogen-bond acceptors (Lipinski definition) is 3. The smallest absolute Gasteiger partial charge is 0.165 e. The number of halogens is 1. The highest BCUT2D eigenvalue weighted by molar-refractivity contribution is 5.36. The van der Waals surface area contributed by atoms with Crippen molar-refractivity contribution in [1.29, 1.82) is 0 Å². The summed E-state index contributed by atoms with van der Waals surface area (Å²) in [5.41, 5.74) is 7.56. The van der Waals surface area contributed by atoms with Crippen LogP contribution in [0, 0.1) is 5.82 Å². The van der Waals surface area contributed by atoms with Crippen LogP contribution < -0.4 is 10.5 Å². The maximum absolute atomic E-state index is 14.0. The van der Waals surface area contributed by atoms with Crippen LogP contribution in [0.15, 0.2) is 42.5 Å². The molecule has 21 heavy (non-hydrogen) atoms. The van der Waals surface area contributed by atoms with E-state index in [9.17, 15) is 4.39 Å². The molecular weight excluding hydrogens is 269 g/mol. The molecule has 0 radical (unpaired) electrons. The molecule has 2 aromatic rings. The van der Waals surface area contributed by atoms with E-state index in [2.05, 4.69) is 0 Å². The summed E-state index contributed by atoms with van der Waals surface area (Å²) in [7, 11) is 1.63. The Kier molecular flexibility index (Phi) is 5.31. The lowest BCUT2D eigenvalue weighted by Gasteiger charge is -2.10. The number of methoxy groups -OCH3 is 1. The Hall–Kier alpha value is -1.91. The highest BCUT2D eigenvalue weighted by atomic mass is 19.1. The first-order valence-electron chi connectivity index (χ1n) is 6.88. The fourth-order valence-corrected chi connectivity index (χ4v) is 2.12. The Labute approximate surface area is 124 Å². The molecule has 0 fully saturated rings. The zero-order valence-electron chi connectivity index (χ0n) is 12.3. The van der Waals surface area contributed by atoms with Crippen molar-refractivity contribution >= 4 is 0 Å². The summed E-state index contributed by atoms with van der Waals surface area (Å²) < 4.78 is 24.7. The maximum Gasteiger partial charge on any atom is 0.165 e. The van der Waals surface area contributed by atoms with E-state index in [1.807, 2.05) is 31.2 Å². The van der Waals surface area contributed by atoms with E-state index in [0.29, 0.717) is 18.8 Å². The molecule has 2 rings (SSSR count). The van der Waals surface area contributed by atoms with Gasteiger partial charge in [-0.2, -0.15) is 0 Å². The average molecular weight is 289 g/mol. The molecule has 2 aromatic carbocycles. The van der Waals surface area contributed by atoms with Crippen molar-refractivity contribution in [2.24, 2.45) is 5.73 Å². The van der Waals surface area contributed by atoms with Crippen LogP contribution in [0.25, 0.3) is 0 Å². The molecule has 112 valence electrons. The molecule has 0 bridgehead atoms. The minimum absolute atomic E-state index is 0.00175. The molecule has 3 nitrogen and oxygen atoms in total. The lowest BCUT2D eigenvalue weighted by atomic mass is 10.1. The van der Waals surface area contributed by atoms with Crippen molar-refractivity contribution in [1.82, 2.24) is 0 Å². The van der Waals surface area contributed by atoms with Crippen LogP contribution in [0.3, 0.4) is 0 Å². The number of rotatable bonds is 6. The molecule has 2 N–H and O–H groups in total. The van der Waals surface area contributed by atoms with Gasteiger partial charge in [0.05, 0.1) is 6.61 Å². The largest absolute Gasteiger partial charge is 0.454 e. The van der Waals surface area contributed by atoms with Crippen molar-refractivity contribution in [3.05, 3.63) is 59.4 Å². The highest BCUT2D eigenvalue weighted by Gasteiger charge is 2.08. The SMILES string of the molecule is COCc1cccc(Oc2ccc(CC(C)N)cc2F)c1. The summed E-state index contributed by atoms with van der Waals surface area (Å²) in [5.74, 6) is 0.409. The summed E-state index contributed by atoms with van der Waals surface area (Å²) in [5, 5.41) is 0. The fourth-order valence-electron chi connectivity index (χ4n) is 2.12. The van der Waals surface area contributed by atoms with Gasteiger partial charge in [-0.15, -0.1) is 0 Å². The van der Waals surface area contributed by atoms with E-state index < -0.39 is 0 Å².